The van der Waals surface area contributed by atoms with Crippen molar-refractivity contribution in [1.82, 2.24) is 5.32 Å². The predicted octanol–water partition coefficient (Wildman–Crippen LogP) is 3.14. The lowest BCUT2D eigenvalue weighted by Crippen LogP contribution is -2.45. The Labute approximate surface area is 144 Å². The van der Waals surface area contributed by atoms with E-state index < -0.39 is 0 Å². The minimum atomic E-state index is -0.0785. The van der Waals surface area contributed by atoms with E-state index in [2.05, 4.69) is 5.32 Å². The van der Waals surface area contributed by atoms with Crippen LogP contribution in [0.4, 0.5) is 5.69 Å². The summed E-state index contributed by atoms with van der Waals surface area (Å²) in [5.74, 6) is -0.0536. The molecule has 0 fully saturated rings. The number of hydrogen-bond donors (Lipinski definition) is 2. The molecule has 2 atom stereocenters. The van der Waals surface area contributed by atoms with E-state index in [1.165, 1.54) is 0 Å². The van der Waals surface area contributed by atoms with Gasteiger partial charge in [-0.1, -0.05) is 55.5 Å². The lowest BCUT2D eigenvalue weighted by Gasteiger charge is -2.32. The largest absolute Gasteiger partial charge is 0.394 e. The van der Waals surface area contributed by atoms with E-state index in [1.807, 2.05) is 79.4 Å². The number of carbonyl (C=O) groups excluding carboxylic acids is 1. The standard InChI is InChI=1S/C20H26N2O2/c1-3-18(15-23)22(19-12-8-5-9-13-19)14-20(24)21-16(2)17-10-6-4-7-11-17/h4-13,16,18,23H,3,14-15H2,1-2H3,(H,21,24). The van der Waals surface area contributed by atoms with Crippen LogP contribution >= 0.6 is 0 Å². The van der Waals surface area contributed by atoms with Crippen LogP contribution in [0.25, 0.3) is 0 Å². The molecule has 2 unspecified atom stereocenters. The summed E-state index contributed by atoms with van der Waals surface area (Å²) in [6.45, 7) is 4.23. The average Bonchev–Trinajstić information content (AvgIpc) is 2.63. The molecule has 4 nitrogen and oxygen atoms in total. The van der Waals surface area contributed by atoms with Crippen LogP contribution in [0, 0.1) is 0 Å². The molecule has 0 saturated heterocycles. The van der Waals surface area contributed by atoms with Crippen LogP contribution in [0.5, 0.6) is 0 Å². The maximum atomic E-state index is 12.5. The predicted molar refractivity (Wildman–Crippen MR) is 98.0 cm³/mol. The highest BCUT2D eigenvalue weighted by atomic mass is 16.3. The number of amides is 1. The second kappa shape index (κ2) is 9.08. The fraction of sp³-hybridized carbons (Fsp3) is 0.350. The number of nitrogens with zero attached hydrogens (tertiary/aromatic N) is 1. The van der Waals surface area contributed by atoms with Gasteiger partial charge in [0.1, 0.15) is 0 Å². The second-order valence-corrected chi connectivity index (χ2v) is 5.91. The van der Waals surface area contributed by atoms with Gasteiger partial charge in [-0.25, -0.2) is 0 Å². The fourth-order valence-electron chi connectivity index (χ4n) is 2.77. The highest BCUT2D eigenvalue weighted by Gasteiger charge is 2.20. The number of benzene rings is 2. The quantitative estimate of drug-likeness (QED) is 0.783. The first-order valence-corrected chi connectivity index (χ1v) is 8.42. The van der Waals surface area contributed by atoms with Gasteiger partial charge in [0.2, 0.25) is 5.91 Å². The first-order chi connectivity index (χ1) is 11.7. The Hall–Kier alpha value is -2.33. The summed E-state index contributed by atoms with van der Waals surface area (Å²) < 4.78 is 0. The van der Waals surface area contributed by atoms with Crippen molar-refractivity contribution >= 4 is 11.6 Å². The molecule has 2 aromatic carbocycles. The molecule has 0 radical (unpaired) electrons. The Morgan fingerprint density at radius 2 is 1.67 bits per heavy atom. The number of aliphatic hydroxyl groups is 1. The Bertz CT molecular complexity index is 612. The van der Waals surface area contributed by atoms with Gasteiger partial charge in [-0.3, -0.25) is 4.79 Å². The Morgan fingerprint density at radius 3 is 2.21 bits per heavy atom. The minimum absolute atomic E-state index is 0.0207. The Morgan fingerprint density at radius 1 is 1.08 bits per heavy atom. The third-order valence-corrected chi connectivity index (χ3v) is 4.20. The van der Waals surface area contributed by atoms with Crippen molar-refractivity contribution < 1.29 is 9.90 Å². The van der Waals surface area contributed by atoms with Gasteiger partial charge in [0.05, 0.1) is 25.2 Å². The molecular weight excluding hydrogens is 300 g/mol. The zero-order valence-electron chi connectivity index (χ0n) is 14.4. The summed E-state index contributed by atoms with van der Waals surface area (Å²) in [6.07, 6.45) is 0.771. The average molecular weight is 326 g/mol. The molecule has 2 N–H and O–H groups in total. The van der Waals surface area contributed by atoms with Crippen LogP contribution in [0.1, 0.15) is 31.9 Å². The molecule has 2 aromatic rings. The summed E-state index contributed by atoms with van der Waals surface area (Å²) >= 11 is 0. The SMILES string of the molecule is CCC(CO)N(CC(=O)NC(C)c1ccccc1)c1ccccc1. The monoisotopic (exact) mass is 326 g/mol. The number of para-hydroxylation sites is 1. The lowest BCUT2D eigenvalue weighted by molar-refractivity contribution is -0.120. The zero-order valence-corrected chi connectivity index (χ0v) is 14.4. The van der Waals surface area contributed by atoms with Crippen molar-refractivity contribution in [3.8, 4) is 0 Å². The van der Waals surface area contributed by atoms with Crippen LogP contribution in [0.3, 0.4) is 0 Å². The van der Waals surface area contributed by atoms with Gasteiger partial charge in [-0.05, 0) is 31.0 Å². The third kappa shape index (κ3) is 4.83. The van der Waals surface area contributed by atoms with Crippen molar-refractivity contribution in [3.63, 3.8) is 0 Å². The summed E-state index contributed by atoms with van der Waals surface area (Å²) in [5, 5.41) is 12.7. The molecule has 0 saturated carbocycles. The van der Waals surface area contributed by atoms with E-state index in [9.17, 15) is 9.90 Å². The van der Waals surface area contributed by atoms with Crippen molar-refractivity contribution in [2.24, 2.45) is 0 Å². The number of anilines is 1. The lowest BCUT2D eigenvalue weighted by atomic mass is 10.1. The minimum Gasteiger partial charge on any atom is -0.394 e. The highest BCUT2D eigenvalue weighted by molar-refractivity contribution is 5.82. The summed E-state index contributed by atoms with van der Waals surface area (Å²) in [5.41, 5.74) is 2.02. The van der Waals surface area contributed by atoms with Crippen LogP contribution < -0.4 is 10.2 Å². The van der Waals surface area contributed by atoms with Crippen LogP contribution in [0.15, 0.2) is 60.7 Å². The molecule has 1 amide bonds. The fourth-order valence-corrected chi connectivity index (χ4v) is 2.77. The van der Waals surface area contributed by atoms with E-state index in [-0.39, 0.29) is 31.1 Å². The molecule has 0 aromatic heterocycles. The first kappa shape index (κ1) is 18.0. The Balaban J connectivity index is 2.07. The molecule has 0 aliphatic heterocycles. The van der Waals surface area contributed by atoms with Gasteiger partial charge in [0.15, 0.2) is 0 Å². The summed E-state index contributed by atoms with van der Waals surface area (Å²) in [6, 6.07) is 19.5. The molecular formula is C20H26N2O2. The maximum Gasteiger partial charge on any atom is 0.240 e. The zero-order chi connectivity index (χ0) is 17.4. The number of nitrogens with one attached hydrogen (secondary N) is 1. The van der Waals surface area contributed by atoms with Gasteiger partial charge in [0.25, 0.3) is 0 Å². The van der Waals surface area contributed by atoms with Gasteiger partial charge in [0, 0.05) is 5.69 Å². The molecule has 128 valence electrons. The summed E-state index contributed by atoms with van der Waals surface area (Å²) in [7, 11) is 0. The van der Waals surface area contributed by atoms with Crippen LogP contribution in [-0.2, 0) is 4.79 Å². The van der Waals surface area contributed by atoms with E-state index in [0.29, 0.717) is 0 Å². The summed E-state index contributed by atoms with van der Waals surface area (Å²) in [4.78, 5) is 14.5. The maximum absolute atomic E-state index is 12.5. The first-order valence-electron chi connectivity index (χ1n) is 8.42. The van der Waals surface area contributed by atoms with Crippen molar-refractivity contribution in [1.29, 1.82) is 0 Å². The van der Waals surface area contributed by atoms with Crippen LogP contribution in [0.2, 0.25) is 0 Å². The second-order valence-electron chi connectivity index (χ2n) is 5.91. The van der Waals surface area contributed by atoms with E-state index in [1.54, 1.807) is 0 Å². The normalized spacial score (nSPS) is 13.1. The van der Waals surface area contributed by atoms with Crippen LogP contribution in [-0.4, -0.2) is 30.2 Å². The molecule has 24 heavy (non-hydrogen) atoms. The van der Waals surface area contributed by atoms with Gasteiger partial charge in [-0.15, -0.1) is 0 Å². The van der Waals surface area contributed by atoms with E-state index in [0.717, 1.165) is 17.7 Å². The highest BCUT2D eigenvalue weighted by Crippen LogP contribution is 2.18. The van der Waals surface area contributed by atoms with E-state index in [4.69, 9.17) is 0 Å². The molecule has 0 spiro atoms. The molecule has 0 aliphatic carbocycles. The topological polar surface area (TPSA) is 52.6 Å². The third-order valence-electron chi connectivity index (χ3n) is 4.20. The molecule has 2 rings (SSSR count). The van der Waals surface area contributed by atoms with Gasteiger partial charge in [-0.2, -0.15) is 0 Å². The Kier molecular flexibility index (Phi) is 6.82. The van der Waals surface area contributed by atoms with Gasteiger partial charge >= 0.3 is 0 Å². The smallest absolute Gasteiger partial charge is 0.240 e. The number of carbonyl (C=O) groups is 1. The van der Waals surface area contributed by atoms with Crippen molar-refractivity contribution in [3.05, 3.63) is 66.2 Å². The van der Waals surface area contributed by atoms with Crippen molar-refractivity contribution in [2.45, 2.75) is 32.4 Å². The number of aliphatic hydroxyl groups excluding tert-OH is 1. The van der Waals surface area contributed by atoms with Crippen molar-refractivity contribution in [2.75, 3.05) is 18.1 Å². The number of rotatable bonds is 8. The molecule has 0 aliphatic rings. The molecule has 4 heteroatoms. The van der Waals surface area contributed by atoms with Gasteiger partial charge < -0.3 is 15.3 Å². The molecule has 0 heterocycles. The molecule has 0 bridgehead atoms. The van der Waals surface area contributed by atoms with E-state index >= 15 is 0 Å². The number of hydrogen-bond acceptors (Lipinski definition) is 3.